The van der Waals surface area contributed by atoms with Gasteiger partial charge in [0, 0.05) is 113 Å². The molecule has 0 bridgehead atoms. The summed E-state index contributed by atoms with van der Waals surface area (Å²) in [5.74, 6) is -12.9. The Morgan fingerprint density at radius 3 is 0.800 bits per heavy atom. The van der Waals surface area contributed by atoms with Gasteiger partial charge in [-0.2, -0.15) is 15.8 Å². The van der Waals surface area contributed by atoms with Gasteiger partial charge in [-0.3, -0.25) is 57.4 Å². The molecule has 12 aromatic rings. The van der Waals surface area contributed by atoms with Crippen molar-refractivity contribution in [2.24, 2.45) is 0 Å². The second-order valence-corrected chi connectivity index (χ2v) is 35.5. The Bertz CT molecular complexity index is 6650. The van der Waals surface area contributed by atoms with Gasteiger partial charge < -0.3 is 44.7 Å². The molecule has 0 aliphatic carbocycles. The Hall–Kier alpha value is -12.7. The van der Waals surface area contributed by atoms with E-state index >= 15 is 13.2 Å². The number of hydrogen-bond donors (Lipinski definition) is 3. The molecule has 135 heavy (non-hydrogen) atoms. The fourth-order valence-corrected chi connectivity index (χ4v) is 18.6. The first-order valence-corrected chi connectivity index (χ1v) is 44.5. The van der Waals surface area contributed by atoms with Gasteiger partial charge in [0.15, 0.2) is 52.2 Å². The number of aryl methyl sites for hydroxylation is 3. The molecule has 3 N–H and O–H groups in total. The molecule has 3 amide bonds. The number of benzene rings is 3. The van der Waals surface area contributed by atoms with Gasteiger partial charge in [-0.1, -0.05) is 166 Å². The van der Waals surface area contributed by atoms with Crippen LogP contribution < -0.4 is 31.4 Å². The first-order chi connectivity index (χ1) is 64.0. The molecule has 12 heterocycles. The van der Waals surface area contributed by atoms with Crippen LogP contribution in [-0.4, -0.2) is 170 Å². The summed E-state index contributed by atoms with van der Waals surface area (Å²) in [5, 5.41) is 56.7. The number of aromatic hydroxyl groups is 3. The number of phenolic OH excluding ortho intramolecular Hbond substituents is 3. The second kappa shape index (κ2) is 40.1. The molecule has 696 valence electrons. The van der Waals surface area contributed by atoms with E-state index in [1.807, 2.05) is 59.8 Å². The predicted octanol–water partition coefficient (Wildman–Crippen LogP) is 19.6. The van der Waals surface area contributed by atoms with E-state index in [1.165, 1.54) is 50.1 Å². The van der Waals surface area contributed by atoms with E-state index in [0.29, 0.717) is 50.8 Å². The monoisotopic (exact) mass is 2020 g/mol. The predicted molar refractivity (Wildman–Crippen MR) is 509 cm³/mol. The van der Waals surface area contributed by atoms with Crippen molar-refractivity contribution < 1.29 is 56.0 Å². The van der Waals surface area contributed by atoms with Crippen LogP contribution in [0.4, 0.5) is 43.4 Å². The van der Waals surface area contributed by atoms with E-state index in [9.17, 15) is 73.0 Å². The van der Waals surface area contributed by atoms with Crippen LogP contribution in [0.25, 0.3) is 83.9 Å². The van der Waals surface area contributed by atoms with Gasteiger partial charge >= 0.3 is 0 Å². The number of anilines is 3. The van der Waals surface area contributed by atoms with E-state index in [2.05, 4.69) is 49.6 Å². The molecule has 0 saturated carbocycles. The number of hydrogen-bond acceptors (Lipinski definition) is 21. The number of phenols is 3. The molecule has 27 nitrogen and oxygen atoms in total. The minimum atomic E-state index is -1.37. The average molecular weight is 2020 g/mol. The van der Waals surface area contributed by atoms with Crippen LogP contribution in [0, 0.1) is 89.7 Å². The summed E-state index contributed by atoms with van der Waals surface area (Å²) < 4.78 is 94.7. The Labute approximate surface area is 810 Å². The molecule has 0 radical (unpaired) electrons. The molecule has 0 spiro atoms. The molecule has 3 saturated heterocycles. The molecule has 3 aliphatic rings. The number of carbonyl (C=O) groups is 3. The van der Waals surface area contributed by atoms with Gasteiger partial charge in [0.25, 0.3) is 16.7 Å². The number of aromatic nitrogens is 9. The normalized spacial score (nSPS) is 13.4. The number of fused-ring (bicyclic) bond motifs is 3. The highest BCUT2D eigenvalue weighted by Crippen LogP contribution is 2.51. The molecule has 3 fully saturated rings. The lowest BCUT2D eigenvalue weighted by Gasteiger charge is -2.36. The zero-order valence-corrected chi connectivity index (χ0v) is 79.6. The Balaban J connectivity index is 0.000000171. The molecule has 3 aromatic carbocycles. The lowest BCUT2D eigenvalue weighted by Crippen LogP contribution is -2.49. The zero-order chi connectivity index (χ0) is 98.7. The third-order valence-electron chi connectivity index (χ3n) is 23.0. The van der Waals surface area contributed by atoms with Crippen LogP contribution in [0.1, 0.15) is 110 Å². The number of rotatable bonds is 15. The third-order valence-corrected chi connectivity index (χ3v) is 26.0. The molecule has 15 rings (SSSR count). The molecule has 42 heteroatoms. The highest BCUT2D eigenvalue weighted by Gasteiger charge is 2.38. The quantitative estimate of drug-likeness (QED) is 0.0371. The first kappa shape index (κ1) is 99.7. The van der Waals surface area contributed by atoms with Crippen molar-refractivity contribution in [3.05, 3.63) is 255 Å². The summed E-state index contributed by atoms with van der Waals surface area (Å²) in [7, 11) is 0. The van der Waals surface area contributed by atoms with Crippen molar-refractivity contribution in [2.45, 2.75) is 80.1 Å². The molecule has 9 aromatic heterocycles. The molecular weight excluding hydrogens is 1950 g/mol. The minimum Gasteiger partial charge on any atom is -0.504 e. The number of piperazine rings is 3. The second-order valence-electron chi connectivity index (χ2n) is 32.0. The smallest absolute Gasteiger partial charge is 0.276 e. The van der Waals surface area contributed by atoms with E-state index in [4.69, 9.17) is 104 Å². The van der Waals surface area contributed by atoms with Crippen molar-refractivity contribution in [3.8, 4) is 86.3 Å². The van der Waals surface area contributed by atoms with E-state index in [1.54, 1.807) is 87.0 Å². The maximum Gasteiger partial charge on any atom is 0.276 e. The largest absolute Gasteiger partial charge is 0.504 e. The number of pyridine rings is 9. The molecular formula is C93H75Cl9F6N18O9. The van der Waals surface area contributed by atoms with Crippen molar-refractivity contribution in [3.63, 3.8) is 0 Å². The van der Waals surface area contributed by atoms with Crippen molar-refractivity contribution in [2.75, 3.05) is 93.2 Å². The van der Waals surface area contributed by atoms with E-state index < -0.39 is 116 Å². The van der Waals surface area contributed by atoms with Crippen LogP contribution in [0.3, 0.4) is 0 Å². The fraction of sp³-hybridized carbons (Fsp3) is 0.258. The van der Waals surface area contributed by atoms with Crippen molar-refractivity contribution in [1.29, 1.82) is 15.8 Å². The molecule has 3 aliphatic heterocycles. The summed E-state index contributed by atoms with van der Waals surface area (Å²) in [5.41, 5.74) is -1.03. The maximum absolute atomic E-state index is 15.5. The van der Waals surface area contributed by atoms with E-state index in [-0.39, 0.29) is 213 Å². The van der Waals surface area contributed by atoms with Gasteiger partial charge in [0.1, 0.15) is 66.9 Å². The number of halogens is 15. The number of nitriles is 3. The lowest BCUT2D eigenvalue weighted by molar-refractivity contribution is -0.127. The van der Waals surface area contributed by atoms with Crippen LogP contribution in [0.2, 0.25) is 45.2 Å². The standard InChI is InChI=1S/3C31H25Cl3F2N6O3/c3*1-5-19(43)40-8-10-41(11-9-40)28-16-12-18(32)26(20-21(33)24(36)22(34)29(44)23(20)35)39-30(16)42(31(45)17(28)13-37)27-15(4)6-7-38-25(27)14(2)3/h3*5-7,12,14,44H,1,8-11H2,2-4H3. The Morgan fingerprint density at radius 2 is 0.600 bits per heavy atom. The van der Waals surface area contributed by atoms with Gasteiger partial charge in [-0.05, 0) is 110 Å². The Morgan fingerprint density at radius 1 is 0.378 bits per heavy atom. The minimum absolute atomic E-state index is 0.0543. The first-order valence-electron chi connectivity index (χ1n) is 41.1. The van der Waals surface area contributed by atoms with E-state index in [0.717, 1.165) is 0 Å². The summed E-state index contributed by atoms with van der Waals surface area (Å²) in [6, 6.07) is 15.3. The highest BCUT2D eigenvalue weighted by molar-refractivity contribution is 6.41. The maximum atomic E-state index is 15.5. The Kier molecular flexibility index (Phi) is 29.6. The highest BCUT2D eigenvalue weighted by atomic mass is 35.5. The van der Waals surface area contributed by atoms with Crippen LogP contribution in [-0.2, 0) is 14.4 Å². The van der Waals surface area contributed by atoms with Crippen LogP contribution in [0.5, 0.6) is 17.2 Å². The third kappa shape index (κ3) is 17.8. The molecule has 0 atom stereocenters. The summed E-state index contributed by atoms with van der Waals surface area (Å²) in [6.45, 7) is 30.4. The summed E-state index contributed by atoms with van der Waals surface area (Å²) in [6.07, 6.45) is 8.41. The number of nitrogens with zero attached hydrogens (tertiary/aromatic N) is 18. The number of carbonyl (C=O) groups excluding carboxylic acids is 3. The number of amides is 3. The van der Waals surface area contributed by atoms with Gasteiger partial charge in [0.05, 0.1) is 115 Å². The van der Waals surface area contributed by atoms with Gasteiger partial charge in [0.2, 0.25) is 17.7 Å². The van der Waals surface area contributed by atoms with Gasteiger partial charge in [-0.25, -0.2) is 41.3 Å². The summed E-state index contributed by atoms with van der Waals surface area (Å²) >= 11 is 55.8. The van der Waals surface area contributed by atoms with Gasteiger partial charge in [-0.15, -0.1) is 0 Å². The SMILES string of the molecule is C=CC(=O)N1CCN(c2c(C#N)c(=O)n(-c3c(C)ccnc3C(C)C)c3nc(-c4c(F)c(O)c(Cl)c(F)c4Cl)c(Cl)cc23)CC1.C=CC(=O)N1CCN(c2c(C#N)c(=O)n(-c3c(C)ccnc3C(C)C)c3nc(-c4c(F)c(O)c(Cl)c(F)c4Cl)c(Cl)cc23)CC1.C=CC(=O)N1CCN(c2c(C#N)c(=O)n(-c3c(C)ccnc3C(C)C)c3nc(-c4c(F)c(O)c(Cl)c(F)c4Cl)c(Cl)cc23)CC1. The van der Waals surface area contributed by atoms with Crippen LogP contribution in [0.15, 0.2) is 107 Å². The van der Waals surface area contributed by atoms with Crippen molar-refractivity contribution in [1.82, 2.24) is 58.3 Å². The average Bonchev–Trinajstić information content (AvgIpc) is 0.728. The lowest BCUT2D eigenvalue weighted by atomic mass is 10.0. The van der Waals surface area contributed by atoms with Crippen molar-refractivity contribution >= 4 is 172 Å². The molecule has 0 unspecified atom stereocenters. The summed E-state index contributed by atoms with van der Waals surface area (Å²) in [4.78, 5) is 117. The fourth-order valence-electron chi connectivity index (χ4n) is 16.4. The zero-order valence-electron chi connectivity index (χ0n) is 72.8. The topological polar surface area (TPSA) is 346 Å². The van der Waals surface area contributed by atoms with Crippen LogP contribution >= 0.6 is 104 Å².